The molecule has 0 unspecified atom stereocenters. The lowest BCUT2D eigenvalue weighted by molar-refractivity contribution is 1.03. The van der Waals surface area contributed by atoms with Crippen LogP contribution in [-0.2, 0) is 6.54 Å². The minimum atomic E-state index is -0.207. The molecule has 4 N–H and O–H groups in total. The van der Waals surface area contributed by atoms with Gasteiger partial charge >= 0.3 is 0 Å². The molecule has 0 aliphatic carbocycles. The maximum Gasteiger partial charge on any atom is 0.260 e. The van der Waals surface area contributed by atoms with Crippen molar-refractivity contribution in [2.45, 2.75) is 13.5 Å². The Morgan fingerprint density at radius 3 is 3.00 bits per heavy atom. The Balaban J connectivity index is 1.90. The number of aryl methyl sites for hydroxylation is 1. The zero-order valence-corrected chi connectivity index (χ0v) is 11.6. The number of fused-ring (bicyclic) bond motifs is 1. The van der Waals surface area contributed by atoms with Crippen LogP contribution < -0.4 is 16.6 Å². The first-order valence-electron chi connectivity index (χ1n) is 6.56. The van der Waals surface area contributed by atoms with Crippen molar-refractivity contribution in [1.29, 1.82) is 0 Å². The number of hydrogen-bond donors (Lipinski definition) is 3. The Bertz CT molecular complexity index is 856. The first-order valence-corrected chi connectivity index (χ1v) is 6.56. The second kappa shape index (κ2) is 5.24. The lowest BCUT2D eigenvalue weighted by Gasteiger charge is -2.08. The first kappa shape index (κ1) is 13.1. The predicted octanol–water partition coefficient (Wildman–Crippen LogP) is 1.82. The van der Waals surface area contributed by atoms with Crippen molar-refractivity contribution in [3.8, 4) is 0 Å². The molecular formula is C15H15N5O. The molecule has 2 heterocycles. The number of aromatic nitrogens is 3. The van der Waals surface area contributed by atoms with Gasteiger partial charge in [-0.1, -0.05) is 0 Å². The molecule has 2 aromatic heterocycles. The van der Waals surface area contributed by atoms with Gasteiger partial charge in [0, 0.05) is 24.6 Å². The number of nitrogens with zero attached hydrogens (tertiary/aromatic N) is 2. The maximum absolute atomic E-state index is 12.0. The fourth-order valence-electron chi connectivity index (χ4n) is 2.12. The average Bonchev–Trinajstić information content (AvgIpc) is 2.47. The molecule has 0 aliphatic rings. The highest BCUT2D eigenvalue weighted by Crippen LogP contribution is 2.13. The number of nitrogens with one attached hydrogen (secondary N) is 2. The fourth-order valence-corrected chi connectivity index (χ4v) is 2.12. The van der Waals surface area contributed by atoms with Gasteiger partial charge in [0.25, 0.3) is 5.56 Å². The summed E-state index contributed by atoms with van der Waals surface area (Å²) in [5, 5.41) is 3.61. The Morgan fingerprint density at radius 1 is 1.33 bits per heavy atom. The van der Waals surface area contributed by atoms with Crippen molar-refractivity contribution >= 4 is 22.5 Å². The van der Waals surface area contributed by atoms with E-state index in [1.165, 1.54) is 0 Å². The van der Waals surface area contributed by atoms with Crippen molar-refractivity contribution in [1.82, 2.24) is 15.0 Å². The molecule has 3 rings (SSSR count). The zero-order chi connectivity index (χ0) is 14.8. The van der Waals surface area contributed by atoms with Crippen LogP contribution in [-0.4, -0.2) is 15.0 Å². The van der Waals surface area contributed by atoms with E-state index in [0.717, 1.165) is 11.1 Å². The normalized spacial score (nSPS) is 10.7. The highest BCUT2D eigenvalue weighted by atomic mass is 16.1. The predicted molar refractivity (Wildman–Crippen MR) is 83.1 cm³/mol. The van der Waals surface area contributed by atoms with E-state index in [4.69, 9.17) is 5.73 Å². The molecule has 0 saturated carbocycles. The van der Waals surface area contributed by atoms with E-state index >= 15 is 0 Å². The molecule has 6 heteroatoms. The standard InChI is InChI=1S/C15H15N5O/c1-9-7-17-5-4-10(9)8-18-15-19-13-3-2-11(16)6-12(13)14(21)20-15/h2-7H,8,16H2,1H3,(H2,18,19,20,21). The molecule has 1 aromatic carbocycles. The van der Waals surface area contributed by atoms with E-state index in [-0.39, 0.29) is 5.56 Å². The minimum absolute atomic E-state index is 0.207. The Kier molecular flexibility index (Phi) is 3.27. The van der Waals surface area contributed by atoms with Crippen LogP contribution in [0, 0.1) is 6.92 Å². The van der Waals surface area contributed by atoms with Crippen molar-refractivity contribution in [3.05, 3.63) is 58.1 Å². The van der Waals surface area contributed by atoms with Crippen molar-refractivity contribution in [2.75, 3.05) is 11.1 Å². The summed E-state index contributed by atoms with van der Waals surface area (Å²) in [7, 11) is 0. The monoisotopic (exact) mass is 281 g/mol. The van der Waals surface area contributed by atoms with E-state index in [9.17, 15) is 4.79 Å². The topological polar surface area (TPSA) is 96.7 Å². The van der Waals surface area contributed by atoms with Gasteiger partial charge in [-0.2, -0.15) is 0 Å². The van der Waals surface area contributed by atoms with Gasteiger partial charge in [0.1, 0.15) is 0 Å². The maximum atomic E-state index is 12.0. The summed E-state index contributed by atoms with van der Waals surface area (Å²) in [6.45, 7) is 2.56. The molecule has 0 amide bonds. The number of benzene rings is 1. The van der Waals surface area contributed by atoms with Gasteiger partial charge in [-0.25, -0.2) is 4.98 Å². The molecular weight excluding hydrogens is 266 g/mol. The summed E-state index contributed by atoms with van der Waals surface area (Å²) in [6, 6.07) is 7.02. The molecule has 0 aliphatic heterocycles. The van der Waals surface area contributed by atoms with Gasteiger partial charge in [0.2, 0.25) is 5.95 Å². The molecule has 106 valence electrons. The molecule has 0 saturated heterocycles. The number of H-pyrrole nitrogens is 1. The number of nitrogen functional groups attached to an aromatic ring is 1. The summed E-state index contributed by atoms with van der Waals surface area (Å²) >= 11 is 0. The lowest BCUT2D eigenvalue weighted by Crippen LogP contribution is -2.13. The highest BCUT2D eigenvalue weighted by molar-refractivity contribution is 5.81. The van der Waals surface area contributed by atoms with Crippen LogP contribution in [0.15, 0.2) is 41.5 Å². The molecule has 0 atom stereocenters. The smallest absolute Gasteiger partial charge is 0.260 e. The lowest BCUT2D eigenvalue weighted by atomic mass is 10.1. The van der Waals surface area contributed by atoms with Crippen LogP contribution in [0.3, 0.4) is 0 Å². The fraction of sp³-hybridized carbons (Fsp3) is 0.133. The van der Waals surface area contributed by atoms with E-state index in [1.54, 1.807) is 30.6 Å². The third kappa shape index (κ3) is 2.69. The molecule has 0 fully saturated rings. The van der Waals surface area contributed by atoms with E-state index in [2.05, 4.69) is 20.3 Å². The van der Waals surface area contributed by atoms with E-state index in [1.807, 2.05) is 13.0 Å². The van der Waals surface area contributed by atoms with E-state index < -0.39 is 0 Å². The highest BCUT2D eigenvalue weighted by Gasteiger charge is 2.05. The Labute approximate surface area is 121 Å². The number of pyridine rings is 1. The summed E-state index contributed by atoms with van der Waals surface area (Å²) < 4.78 is 0. The quantitative estimate of drug-likeness (QED) is 0.636. The van der Waals surface area contributed by atoms with Crippen LogP contribution in [0.2, 0.25) is 0 Å². The van der Waals surface area contributed by atoms with Gasteiger partial charge < -0.3 is 11.1 Å². The average molecular weight is 281 g/mol. The zero-order valence-electron chi connectivity index (χ0n) is 11.6. The molecule has 0 radical (unpaired) electrons. The number of anilines is 2. The van der Waals surface area contributed by atoms with Gasteiger partial charge in [-0.05, 0) is 42.3 Å². The summed E-state index contributed by atoms with van der Waals surface area (Å²) in [5.41, 5.74) is 8.82. The van der Waals surface area contributed by atoms with Crippen LogP contribution in [0.1, 0.15) is 11.1 Å². The summed E-state index contributed by atoms with van der Waals surface area (Å²) in [4.78, 5) is 23.2. The van der Waals surface area contributed by atoms with Gasteiger partial charge in [0.05, 0.1) is 10.9 Å². The van der Waals surface area contributed by atoms with Gasteiger partial charge in [-0.15, -0.1) is 0 Å². The van der Waals surface area contributed by atoms with Crippen molar-refractivity contribution < 1.29 is 0 Å². The second-order valence-electron chi connectivity index (χ2n) is 4.85. The van der Waals surface area contributed by atoms with Crippen LogP contribution in [0.25, 0.3) is 10.9 Å². The first-order chi connectivity index (χ1) is 10.1. The number of rotatable bonds is 3. The number of hydrogen-bond acceptors (Lipinski definition) is 5. The summed E-state index contributed by atoms with van der Waals surface area (Å²) in [5.74, 6) is 0.438. The number of nitrogens with two attached hydrogens (primary N) is 1. The summed E-state index contributed by atoms with van der Waals surface area (Å²) in [6.07, 6.45) is 3.54. The third-order valence-corrected chi connectivity index (χ3v) is 3.31. The third-order valence-electron chi connectivity index (χ3n) is 3.31. The van der Waals surface area contributed by atoms with Crippen LogP contribution in [0.4, 0.5) is 11.6 Å². The Morgan fingerprint density at radius 2 is 2.19 bits per heavy atom. The molecule has 0 spiro atoms. The van der Waals surface area contributed by atoms with Crippen LogP contribution >= 0.6 is 0 Å². The van der Waals surface area contributed by atoms with Crippen LogP contribution in [0.5, 0.6) is 0 Å². The SMILES string of the molecule is Cc1cnccc1CNc1nc2ccc(N)cc2c(=O)[nH]1. The molecule has 6 nitrogen and oxygen atoms in total. The molecule has 0 bridgehead atoms. The minimum Gasteiger partial charge on any atom is -0.399 e. The van der Waals surface area contributed by atoms with Crippen molar-refractivity contribution in [3.63, 3.8) is 0 Å². The van der Waals surface area contributed by atoms with E-state index in [0.29, 0.717) is 29.1 Å². The largest absolute Gasteiger partial charge is 0.399 e. The number of aromatic amines is 1. The van der Waals surface area contributed by atoms with Crippen molar-refractivity contribution in [2.24, 2.45) is 0 Å². The Hall–Kier alpha value is -2.89. The molecule has 21 heavy (non-hydrogen) atoms. The van der Waals surface area contributed by atoms with Gasteiger partial charge in [-0.3, -0.25) is 14.8 Å². The second-order valence-corrected chi connectivity index (χ2v) is 4.85. The molecule has 3 aromatic rings. The van der Waals surface area contributed by atoms with Gasteiger partial charge in [0.15, 0.2) is 0 Å².